The molecule has 0 aliphatic heterocycles. The molecular weight excluding hydrogens is 216 g/mol. The third kappa shape index (κ3) is 3.54. The van der Waals surface area contributed by atoms with Crippen molar-refractivity contribution in [2.24, 2.45) is 5.73 Å². The zero-order valence-electron chi connectivity index (χ0n) is 8.84. The molecular formula is C10H13F2N3O. The van der Waals surface area contributed by atoms with Crippen molar-refractivity contribution < 1.29 is 13.6 Å². The van der Waals surface area contributed by atoms with Gasteiger partial charge in [0.2, 0.25) is 0 Å². The highest BCUT2D eigenvalue weighted by atomic mass is 19.3. The van der Waals surface area contributed by atoms with E-state index in [0.29, 0.717) is 0 Å². The van der Waals surface area contributed by atoms with Crippen LogP contribution in [0, 0.1) is 6.92 Å². The monoisotopic (exact) mass is 229 g/mol. The summed E-state index contributed by atoms with van der Waals surface area (Å²) in [6, 6.07) is 3.16. The van der Waals surface area contributed by atoms with Gasteiger partial charge in [-0.15, -0.1) is 0 Å². The number of carbonyl (C=O) groups is 1. The van der Waals surface area contributed by atoms with Crippen LogP contribution < -0.4 is 11.1 Å². The van der Waals surface area contributed by atoms with Crippen LogP contribution in [0.1, 0.15) is 16.1 Å². The minimum atomic E-state index is -3.08. The number of aryl methyl sites for hydroxylation is 1. The van der Waals surface area contributed by atoms with Crippen LogP contribution >= 0.6 is 0 Å². The molecule has 88 valence electrons. The highest BCUT2D eigenvalue weighted by molar-refractivity contribution is 5.93. The van der Waals surface area contributed by atoms with Crippen molar-refractivity contribution in [2.45, 2.75) is 12.8 Å². The Hall–Kier alpha value is -1.56. The van der Waals surface area contributed by atoms with Crippen molar-refractivity contribution in [1.82, 2.24) is 10.3 Å². The molecule has 0 unspecified atom stereocenters. The molecule has 0 bridgehead atoms. The van der Waals surface area contributed by atoms with Gasteiger partial charge in [0.05, 0.1) is 18.7 Å². The first-order valence-electron chi connectivity index (χ1n) is 4.73. The third-order valence-electron chi connectivity index (χ3n) is 1.98. The fourth-order valence-electron chi connectivity index (χ4n) is 0.986. The summed E-state index contributed by atoms with van der Waals surface area (Å²) in [7, 11) is 0. The molecule has 0 saturated heterocycles. The quantitative estimate of drug-likeness (QED) is 0.799. The number of nitrogens with two attached hydrogens (primary N) is 1. The summed E-state index contributed by atoms with van der Waals surface area (Å²) in [6.45, 7) is 0.208. The zero-order valence-corrected chi connectivity index (χ0v) is 8.84. The zero-order chi connectivity index (χ0) is 12.2. The molecule has 6 heteroatoms. The van der Waals surface area contributed by atoms with E-state index in [1.54, 1.807) is 13.0 Å². The van der Waals surface area contributed by atoms with E-state index in [9.17, 15) is 13.6 Å². The summed E-state index contributed by atoms with van der Waals surface area (Å²) in [5, 5.41) is 2.10. The van der Waals surface area contributed by atoms with E-state index in [-0.39, 0.29) is 5.56 Å². The van der Waals surface area contributed by atoms with Gasteiger partial charge >= 0.3 is 0 Å². The van der Waals surface area contributed by atoms with Gasteiger partial charge in [-0.05, 0) is 19.1 Å². The second-order valence-corrected chi connectivity index (χ2v) is 3.43. The Kier molecular flexibility index (Phi) is 3.89. The molecule has 3 N–H and O–H groups in total. The molecule has 0 atom stereocenters. The maximum atomic E-state index is 12.7. The van der Waals surface area contributed by atoms with Gasteiger partial charge in [0.25, 0.3) is 11.8 Å². The minimum absolute atomic E-state index is 0.249. The van der Waals surface area contributed by atoms with Gasteiger partial charge in [0.1, 0.15) is 0 Å². The van der Waals surface area contributed by atoms with Gasteiger partial charge < -0.3 is 11.1 Å². The Morgan fingerprint density at radius 1 is 1.56 bits per heavy atom. The number of nitrogens with one attached hydrogen (secondary N) is 1. The lowest BCUT2D eigenvalue weighted by Gasteiger charge is -2.14. The fourth-order valence-corrected chi connectivity index (χ4v) is 0.986. The summed E-state index contributed by atoms with van der Waals surface area (Å²) in [5.74, 6) is -3.66. The second-order valence-electron chi connectivity index (χ2n) is 3.43. The van der Waals surface area contributed by atoms with Crippen molar-refractivity contribution in [2.75, 3.05) is 13.1 Å². The van der Waals surface area contributed by atoms with Gasteiger partial charge in [0, 0.05) is 11.9 Å². The molecule has 1 rings (SSSR count). The normalized spacial score (nSPS) is 11.2. The van der Waals surface area contributed by atoms with E-state index in [1.165, 1.54) is 12.3 Å². The highest BCUT2D eigenvalue weighted by Gasteiger charge is 2.27. The molecule has 0 fully saturated rings. The molecule has 1 aromatic rings. The van der Waals surface area contributed by atoms with Crippen LogP contribution in [0.25, 0.3) is 0 Å². The molecule has 0 spiro atoms. The van der Waals surface area contributed by atoms with Crippen LogP contribution in [0.3, 0.4) is 0 Å². The summed E-state index contributed by atoms with van der Waals surface area (Å²) in [4.78, 5) is 15.3. The van der Waals surface area contributed by atoms with Crippen LogP contribution in [0.4, 0.5) is 8.78 Å². The molecule has 0 aromatic carbocycles. The maximum absolute atomic E-state index is 12.7. The molecule has 0 radical (unpaired) electrons. The van der Waals surface area contributed by atoms with Crippen molar-refractivity contribution >= 4 is 5.91 Å². The van der Waals surface area contributed by atoms with E-state index in [2.05, 4.69) is 10.3 Å². The molecule has 16 heavy (non-hydrogen) atoms. The predicted octanol–water partition coefficient (Wildman–Crippen LogP) is 0.714. The average Bonchev–Trinajstić information content (AvgIpc) is 2.27. The van der Waals surface area contributed by atoms with Crippen LogP contribution in [0.15, 0.2) is 18.3 Å². The number of hydrogen-bond donors (Lipinski definition) is 2. The Labute approximate surface area is 91.9 Å². The smallest absolute Gasteiger partial charge is 0.277 e. The first-order chi connectivity index (χ1) is 7.44. The van der Waals surface area contributed by atoms with Gasteiger partial charge in [0.15, 0.2) is 0 Å². The molecule has 0 aliphatic rings. The Morgan fingerprint density at radius 3 is 2.75 bits per heavy atom. The van der Waals surface area contributed by atoms with E-state index in [1.807, 2.05) is 0 Å². The Balaban J connectivity index is 2.56. The molecule has 1 heterocycles. The lowest BCUT2D eigenvalue weighted by molar-refractivity contribution is 0.0118. The largest absolute Gasteiger partial charge is 0.346 e. The number of hydrogen-bond acceptors (Lipinski definition) is 3. The van der Waals surface area contributed by atoms with E-state index in [4.69, 9.17) is 5.73 Å². The molecule has 4 nitrogen and oxygen atoms in total. The molecule has 1 amide bonds. The molecule has 0 saturated carbocycles. The first-order valence-corrected chi connectivity index (χ1v) is 4.73. The van der Waals surface area contributed by atoms with Gasteiger partial charge in [-0.25, -0.2) is 8.78 Å². The number of carbonyl (C=O) groups excluding carboxylic acids is 1. The van der Waals surface area contributed by atoms with E-state index in [0.717, 1.165) is 5.69 Å². The number of alkyl halides is 2. The van der Waals surface area contributed by atoms with Crippen LogP contribution in [-0.2, 0) is 0 Å². The lowest BCUT2D eigenvalue weighted by Crippen LogP contribution is -2.41. The maximum Gasteiger partial charge on any atom is 0.277 e. The number of halogens is 2. The Bertz CT molecular complexity index is 365. The van der Waals surface area contributed by atoms with Crippen molar-refractivity contribution in [1.29, 1.82) is 0 Å². The number of amides is 1. The molecule has 0 aliphatic carbocycles. The van der Waals surface area contributed by atoms with Gasteiger partial charge in [-0.2, -0.15) is 0 Å². The van der Waals surface area contributed by atoms with Gasteiger partial charge in [-0.1, -0.05) is 0 Å². The lowest BCUT2D eigenvalue weighted by atomic mass is 10.2. The average molecular weight is 229 g/mol. The number of nitrogens with zero attached hydrogens (tertiary/aromatic N) is 1. The predicted molar refractivity (Wildman–Crippen MR) is 55.3 cm³/mol. The SMILES string of the molecule is Cc1ccc(C(=O)NCC(F)(F)CN)cn1. The topological polar surface area (TPSA) is 68.0 Å². The summed E-state index contributed by atoms with van der Waals surface area (Å²) < 4.78 is 25.5. The van der Waals surface area contributed by atoms with E-state index >= 15 is 0 Å². The Morgan fingerprint density at radius 2 is 2.25 bits per heavy atom. The summed E-state index contributed by atoms with van der Waals surface area (Å²) in [6.07, 6.45) is 1.34. The third-order valence-corrected chi connectivity index (χ3v) is 1.98. The number of aromatic nitrogens is 1. The number of pyridine rings is 1. The fraction of sp³-hybridized carbons (Fsp3) is 0.400. The van der Waals surface area contributed by atoms with Crippen molar-refractivity contribution in [3.05, 3.63) is 29.6 Å². The second kappa shape index (κ2) is 4.98. The van der Waals surface area contributed by atoms with Crippen LogP contribution in [-0.4, -0.2) is 29.9 Å². The standard InChI is InChI=1S/C10H13F2N3O/c1-7-2-3-8(4-14-7)9(16)15-6-10(11,12)5-13/h2-4H,5-6,13H2,1H3,(H,15,16). The van der Waals surface area contributed by atoms with Crippen molar-refractivity contribution in [3.63, 3.8) is 0 Å². The molecule has 1 aromatic heterocycles. The first kappa shape index (κ1) is 12.5. The summed E-state index contributed by atoms with van der Waals surface area (Å²) >= 11 is 0. The van der Waals surface area contributed by atoms with Gasteiger partial charge in [-0.3, -0.25) is 9.78 Å². The van der Waals surface area contributed by atoms with Crippen LogP contribution in [0.5, 0.6) is 0 Å². The van der Waals surface area contributed by atoms with Crippen molar-refractivity contribution in [3.8, 4) is 0 Å². The minimum Gasteiger partial charge on any atom is -0.346 e. The highest BCUT2D eigenvalue weighted by Crippen LogP contribution is 2.09. The summed E-state index contributed by atoms with van der Waals surface area (Å²) in [5.41, 5.74) is 5.84. The number of rotatable bonds is 4. The van der Waals surface area contributed by atoms with Crippen LogP contribution in [0.2, 0.25) is 0 Å². The van der Waals surface area contributed by atoms with E-state index < -0.39 is 24.9 Å².